The number of hydrazone groups is 1. The van der Waals surface area contributed by atoms with E-state index in [4.69, 9.17) is 19.7 Å². The maximum Gasteiger partial charge on any atom is 0.324 e. The van der Waals surface area contributed by atoms with Gasteiger partial charge in [-0.05, 0) is 17.7 Å². The van der Waals surface area contributed by atoms with Crippen molar-refractivity contribution in [1.29, 1.82) is 0 Å². The summed E-state index contributed by atoms with van der Waals surface area (Å²) >= 11 is 0. The molecule has 0 aliphatic heterocycles. The molecule has 2 aromatic carbocycles. The molecule has 0 aliphatic carbocycles. The average Bonchev–Trinajstić information content (AvgIpc) is 2.64. The van der Waals surface area contributed by atoms with Crippen LogP contribution in [-0.4, -0.2) is 53.6 Å². The van der Waals surface area contributed by atoms with Crippen LogP contribution >= 0.6 is 0 Å². The first-order valence-corrected chi connectivity index (χ1v) is 8.06. The Hall–Kier alpha value is -3.55. The van der Waals surface area contributed by atoms with E-state index in [1.54, 1.807) is 18.2 Å². The molecule has 8 heteroatoms. The number of methoxy groups -OCH3 is 1. The van der Waals surface area contributed by atoms with Crippen molar-refractivity contribution in [2.75, 3.05) is 20.2 Å². The summed E-state index contributed by atoms with van der Waals surface area (Å²) in [5.74, 6) is -1.45. The van der Waals surface area contributed by atoms with Crippen molar-refractivity contribution in [3.63, 3.8) is 0 Å². The van der Waals surface area contributed by atoms with Crippen molar-refractivity contribution in [1.82, 2.24) is 5.01 Å². The summed E-state index contributed by atoms with van der Waals surface area (Å²) in [6.07, 6.45) is 1.36. The number of hydrogen-bond acceptors (Lipinski definition) is 6. The maximum absolute atomic E-state index is 10.9. The predicted molar refractivity (Wildman–Crippen MR) is 98.2 cm³/mol. The van der Waals surface area contributed by atoms with Crippen molar-refractivity contribution in [2.24, 2.45) is 5.10 Å². The lowest BCUT2D eigenvalue weighted by atomic mass is 10.2. The minimum absolute atomic E-state index is 0.302. The standard InChI is InChI=1S/C19H20N2O6/c1-26-16-9-5-8-15(10-20-21(11-17(22)23)12-18(24)25)19(16)27-13-14-6-3-2-4-7-14/h2-10H,11-13H2,1H3,(H,22,23)(H,24,25)/b20-10-. The van der Waals surface area contributed by atoms with Gasteiger partial charge in [0.25, 0.3) is 0 Å². The first-order valence-electron chi connectivity index (χ1n) is 8.06. The van der Waals surface area contributed by atoms with Gasteiger partial charge in [-0.2, -0.15) is 5.10 Å². The van der Waals surface area contributed by atoms with Gasteiger partial charge in [0.1, 0.15) is 19.7 Å². The van der Waals surface area contributed by atoms with Gasteiger partial charge in [0, 0.05) is 5.56 Å². The molecule has 0 aliphatic rings. The fourth-order valence-corrected chi connectivity index (χ4v) is 2.27. The highest BCUT2D eigenvalue weighted by Gasteiger charge is 2.13. The van der Waals surface area contributed by atoms with Crippen LogP contribution < -0.4 is 9.47 Å². The first-order chi connectivity index (χ1) is 13.0. The molecule has 142 valence electrons. The number of nitrogens with zero attached hydrogens (tertiary/aromatic N) is 2. The van der Waals surface area contributed by atoms with Crippen molar-refractivity contribution in [3.8, 4) is 11.5 Å². The number of hydrogen-bond donors (Lipinski definition) is 2. The number of carbonyl (C=O) groups is 2. The lowest BCUT2D eigenvalue weighted by molar-refractivity contribution is -0.141. The number of ether oxygens (including phenoxy) is 2. The van der Waals surface area contributed by atoms with Gasteiger partial charge in [-0.3, -0.25) is 14.6 Å². The van der Waals surface area contributed by atoms with Gasteiger partial charge in [-0.1, -0.05) is 36.4 Å². The summed E-state index contributed by atoms with van der Waals surface area (Å²) in [5.41, 5.74) is 1.50. The van der Waals surface area contributed by atoms with Crippen LogP contribution in [-0.2, 0) is 16.2 Å². The molecule has 0 amide bonds. The molecule has 0 aromatic heterocycles. The maximum atomic E-state index is 10.9. The number of benzene rings is 2. The molecular weight excluding hydrogens is 352 g/mol. The molecule has 0 atom stereocenters. The molecule has 0 heterocycles. The quantitative estimate of drug-likeness (QED) is 0.485. The van der Waals surface area contributed by atoms with Crippen LogP contribution in [0, 0.1) is 0 Å². The van der Waals surface area contributed by atoms with Gasteiger partial charge in [0.2, 0.25) is 0 Å². The Bertz CT molecular complexity index is 791. The molecular formula is C19H20N2O6. The van der Waals surface area contributed by atoms with Crippen LogP contribution in [0.3, 0.4) is 0 Å². The molecule has 0 unspecified atom stereocenters. The van der Waals surface area contributed by atoms with Gasteiger partial charge in [-0.15, -0.1) is 0 Å². The zero-order chi connectivity index (χ0) is 19.6. The molecule has 0 fully saturated rings. The van der Waals surface area contributed by atoms with Crippen LogP contribution in [0.5, 0.6) is 11.5 Å². The highest BCUT2D eigenvalue weighted by atomic mass is 16.5. The van der Waals surface area contributed by atoms with Gasteiger partial charge in [0.15, 0.2) is 11.5 Å². The van der Waals surface area contributed by atoms with Crippen LogP contribution in [0.2, 0.25) is 0 Å². The third-order valence-corrected chi connectivity index (χ3v) is 3.45. The molecule has 0 bridgehead atoms. The number of aliphatic carboxylic acids is 2. The lowest BCUT2D eigenvalue weighted by Crippen LogP contribution is -2.30. The molecule has 0 spiro atoms. The lowest BCUT2D eigenvalue weighted by Gasteiger charge is -2.16. The molecule has 2 N–H and O–H groups in total. The fraction of sp³-hybridized carbons (Fsp3) is 0.211. The number of carboxylic acid groups (broad SMARTS) is 2. The van der Waals surface area contributed by atoms with Crippen molar-refractivity contribution in [2.45, 2.75) is 6.61 Å². The Morgan fingerprint density at radius 3 is 2.30 bits per heavy atom. The summed E-state index contributed by atoms with van der Waals surface area (Å²) in [6, 6.07) is 14.7. The molecule has 2 aromatic rings. The van der Waals surface area contributed by atoms with E-state index in [2.05, 4.69) is 5.10 Å². The highest BCUT2D eigenvalue weighted by Crippen LogP contribution is 2.30. The van der Waals surface area contributed by atoms with E-state index in [0.717, 1.165) is 10.6 Å². The highest BCUT2D eigenvalue weighted by molar-refractivity contribution is 5.85. The van der Waals surface area contributed by atoms with Gasteiger partial charge in [0.05, 0.1) is 13.3 Å². The summed E-state index contributed by atoms with van der Waals surface area (Å²) in [5, 5.41) is 22.7. The first kappa shape index (κ1) is 19.8. The van der Waals surface area contributed by atoms with E-state index in [0.29, 0.717) is 23.7 Å². The molecule has 2 rings (SSSR count). The molecule has 8 nitrogen and oxygen atoms in total. The number of para-hydroxylation sites is 1. The minimum atomic E-state index is -1.18. The molecule has 0 saturated heterocycles. The molecule has 0 saturated carbocycles. The van der Waals surface area contributed by atoms with E-state index >= 15 is 0 Å². The molecule has 27 heavy (non-hydrogen) atoms. The monoisotopic (exact) mass is 372 g/mol. The zero-order valence-corrected chi connectivity index (χ0v) is 14.7. The second-order valence-electron chi connectivity index (χ2n) is 5.51. The van der Waals surface area contributed by atoms with Gasteiger partial charge >= 0.3 is 11.9 Å². The molecule has 0 radical (unpaired) electrons. The van der Waals surface area contributed by atoms with Gasteiger partial charge in [-0.25, -0.2) is 0 Å². The van der Waals surface area contributed by atoms with E-state index in [1.807, 2.05) is 30.3 Å². The van der Waals surface area contributed by atoms with Crippen molar-refractivity contribution in [3.05, 3.63) is 59.7 Å². The van der Waals surface area contributed by atoms with Crippen LogP contribution in [0.15, 0.2) is 53.6 Å². The van der Waals surface area contributed by atoms with Crippen LogP contribution in [0.1, 0.15) is 11.1 Å². The topological polar surface area (TPSA) is 109 Å². The Labute approximate surface area is 156 Å². The van der Waals surface area contributed by atoms with Crippen LogP contribution in [0.25, 0.3) is 0 Å². The zero-order valence-electron chi connectivity index (χ0n) is 14.7. The second-order valence-corrected chi connectivity index (χ2v) is 5.51. The third kappa shape index (κ3) is 6.35. The minimum Gasteiger partial charge on any atom is -0.493 e. The fourth-order valence-electron chi connectivity index (χ4n) is 2.27. The van der Waals surface area contributed by atoms with Crippen molar-refractivity contribution >= 4 is 18.2 Å². The summed E-state index contributed by atoms with van der Waals surface area (Å²) < 4.78 is 11.2. The number of carboxylic acids is 2. The van der Waals surface area contributed by atoms with E-state index in [9.17, 15) is 9.59 Å². The Balaban J connectivity index is 2.23. The average molecular weight is 372 g/mol. The Morgan fingerprint density at radius 1 is 1.04 bits per heavy atom. The van der Waals surface area contributed by atoms with E-state index < -0.39 is 25.0 Å². The SMILES string of the molecule is COc1cccc(/C=N\N(CC(=O)O)CC(=O)O)c1OCc1ccccc1. The predicted octanol–water partition coefficient (Wildman–Crippen LogP) is 2.08. The van der Waals surface area contributed by atoms with E-state index in [-0.39, 0.29) is 0 Å². The summed E-state index contributed by atoms with van der Waals surface area (Å²) in [7, 11) is 1.51. The van der Waals surface area contributed by atoms with E-state index in [1.165, 1.54) is 13.3 Å². The number of rotatable bonds is 10. The van der Waals surface area contributed by atoms with Crippen molar-refractivity contribution < 1.29 is 29.3 Å². The largest absolute Gasteiger partial charge is 0.493 e. The Kier molecular flexibility index (Phi) is 7.18. The normalized spacial score (nSPS) is 10.6. The third-order valence-electron chi connectivity index (χ3n) is 3.45. The Morgan fingerprint density at radius 2 is 1.70 bits per heavy atom. The van der Waals surface area contributed by atoms with Gasteiger partial charge < -0.3 is 19.7 Å². The summed E-state index contributed by atoms with van der Waals surface area (Å²) in [4.78, 5) is 21.8. The smallest absolute Gasteiger partial charge is 0.324 e. The van der Waals surface area contributed by atoms with Crippen LogP contribution in [0.4, 0.5) is 0 Å². The summed E-state index contributed by atoms with van der Waals surface area (Å²) in [6.45, 7) is -0.768. The second kappa shape index (κ2) is 9.81.